The smallest absolute Gasteiger partial charge is 0.158 e. The van der Waals surface area contributed by atoms with Crippen LogP contribution in [0.5, 0.6) is 0 Å². The SMILES string of the molecule is CC(=O)[C@H](O)Cc1ccc(Cl)cc1. The van der Waals surface area contributed by atoms with Crippen LogP contribution in [0, 0.1) is 0 Å². The first-order valence-electron chi connectivity index (χ1n) is 4.02. The fourth-order valence-electron chi connectivity index (χ4n) is 0.987. The molecule has 0 radical (unpaired) electrons. The molecule has 0 aliphatic heterocycles. The topological polar surface area (TPSA) is 37.3 Å². The zero-order valence-electron chi connectivity index (χ0n) is 7.33. The van der Waals surface area contributed by atoms with Crippen LogP contribution in [0.25, 0.3) is 0 Å². The minimum Gasteiger partial charge on any atom is -0.385 e. The summed E-state index contributed by atoms with van der Waals surface area (Å²) in [5, 5.41) is 9.92. The van der Waals surface area contributed by atoms with E-state index in [1.807, 2.05) is 0 Å². The van der Waals surface area contributed by atoms with E-state index in [-0.39, 0.29) is 5.78 Å². The number of aliphatic hydroxyl groups is 1. The molecule has 0 saturated carbocycles. The predicted molar refractivity (Wildman–Crippen MR) is 51.8 cm³/mol. The fraction of sp³-hybridized carbons (Fsp3) is 0.300. The van der Waals surface area contributed by atoms with Gasteiger partial charge in [-0.1, -0.05) is 23.7 Å². The highest BCUT2D eigenvalue weighted by Crippen LogP contribution is 2.11. The first kappa shape index (κ1) is 10.2. The molecule has 0 heterocycles. The molecule has 1 N–H and O–H groups in total. The Balaban J connectivity index is 2.64. The van der Waals surface area contributed by atoms with Crippen LogP contribution in [-0.2, 0) is 11.2 Å². The molecule has 1 aromatic carbocycles. The van der Waals surface area contributed by atoms with Crippen molar-refractivity contribution in [3.8, 4) is 0 Å². The highest BCUT2D eigenvalue weighted by Gasteiger charge is 2.09. The fourth-order valence-corrected chi connectivity index (χ4v) is 1.11. The molecular weight excluding hydrogens is 188 g/mol. The van der Waals surface area contributed by atoms with Gasteiger partial charge in [-0.05, 0) is 24.6 Å². The Kier molecular flexibility index (Phi) is 3.46. The number of ketones is 1. The molecule has 0 amide bonds. The molecule has 0 unspecified atom stereocenters. The molecule has 0 aromatic heterocycles. The standard InChI is InChI=1S/C10H11ClO2/c1-7(12)10(13)6-8-2-4-9(11)5-3-8/h2-5,10,13H,6H2,1H3/t10-/m1/s1. The molecule has 0 spiro atoms. The number of rotatable bonds is 3. The largest absolute Gasteiger partial charge is 0.385 e. The van der Waals surface area contributed by atoms with E-state index in [4.69, 9.17) is 11.6 Å². The van der Waals surface area contributed by atoms with Gasteiger partial charge in [0, 0.05) is 11.4 Å². The van der Waals surface area contributed by atoms with Gasteiger partial charge in [0.15, 0.2) is 5.78 Å². The van der Waals surface area contributed by atoms with Crippen molar-refractivity contribution in [3.05, 3.63) is 34.9 Å². The lowest BCUT2D eigenvalue weighted by atomic mass is 10.1. The summed E-state index contributed by atoms with van der Waals surface area (Å²) < 4.78 is 0. The van der Waals surface area contributed by atoms with Gasteiger partial charge in [0.05, 0.1) is 0 Å². The Bertz CT molecular complexity index is 292. The molecule has 0 aliphatic rings. The Hall–Kier alpha value is -0.860. The molecule has 3 heteroatoms. The third kappa shape index (κ3) is 3.17. The van der Waals surface area contributed by atoms with Crippen LogP contribution in [0.1, 0.15) is 12.5 Å². The van der Waals surface area contributed by atoms with Crippen molar-refractivity contribution < 1.29 is 9.90 Å². The quantitative estimate of drug-likeness (QED) is 0.805. The van der Waals surface area contributed by atoms with Crippen molar-refractivity contribution in [2.24, 2.45) is 0 Å². The van der Waals surface area contributed by atoms with Crippen molar-refractivity contribution in [1.29, 1.82) is 0 Å². The first-order chi connectivity index (χ1) is 6.09. The van der Waals surface area contributed by atoms with E-state index >= 15 is 0 Å². The van der Waals surface area contributed by atoms with E-state index < -0.39 is 6.10 Å². The van der Waals surface area contributed by atoms with E-state index in [9.17, 15) is 9.90 Å². The van der Waals surface area contributed by atoms with Crippen LogP contribution in [-0.4, -0.2) is 17.0 Å². The van der Waals surface area contributed by atoms with E-state index in [0.717, 1.165) is 5.56 Å². The summed E-state index contributed by atoms with van der Waals surface area (Å²) in [6.07, 6.45) is -0.548. The van der Waals surface area contributed by atoms with Crippen LogP contribution in [0.4, 0.5) is 0 Å². The molecule has 2 nitrogen and oxygen atoms in total. The summed E-state index contributed by atoms with van der Waals surface area (Å²) >= 11 is 5.68. The van der Waals surface area contributed by atoms with Gasteiger partial charge >= 0.3 is 0 Å². The van der Waals surface area contributed by atoms with Gasteiger partial charge in [0.25, 0.3) is 0 Å². The number of aliphatic hydroxyl groups excluding tert-OH is 1. The Labute approximate surface area is 82.2 Å². The minimum absolute atomic E-state index is 0.213. The second-order valence-corrected chi connectivity index (χ2v) is 3.39. The van der Waals surface area contributed by atoms with Crippen molar-refractivity contribution in [1.82, 2.24) is 0 Å². The number of hydrogen-bond acceptors (Lipinski definition) is 2. The highest BCUT2D eigenvalue weighted by atomic mass is 35.5. The van der Waals surface area contributed by atoms with Gasteiger partial charge in [0.2, 0.25) is 0 Å². The van der Waals surface area contributed by atoms with Crippen LogP contribution in [0.2, 0.25) is 5.02 Å². The van der Waals surface area contributed by atoms with Crippen molar-refractivity contribution in [2.75, 3.05) is 0 Å². The lowest BCUT2D eigenvalue weighted by Gasteiger charge is -2.06. The first-order valence-corrected chi connectivity index (χ1v) is 4.40. The number of hydrogen-bond donors (Lipinski definition) is 1. The normalized spacial score (nSPS) is 12.5. The number of benzene rings is 1. The molecule has 1 atom stereocenters. The highest BCUT2D eigenvalue weighted by molar-refractivity contribution is 6.30. The monoisotopic (exact) mass is 198 g/mol. The summed E-state index contributed by atoms with van der Waals surface area (Å²) in [6.45, 7) is 1.38. The zero-order valence-corrected chi connectivity index (χ0v) is 8.08. The maximum absolute atomic E-state index is 10.7. The van der Waals surface area contributed by atoms with Gasteiger partial charge < -0.3 is 5.11 Å². The molecule has 1 aromatic rings. The van der Waals surface area contributed by atoms with Gasteiger partial charge in [-0.2, -0.15) is 0 Å². The number of halogens is 1. The summed E-state index contributed by atoms with van der Waals surface area (Å²) in [7, 11) is 0. The minimum atomic E-state index is -0.902. The third-order valence-electron chi connectivity index (χ3n) is 1.81. The van der Waals surface area contributed by atoms with Gasteiger partial charge in [-0.25, -0.2) is 0 Å². The maximum Gasteiger partial charge on any atom is 0.158 e. The zero-order chi connectivity index (χ0) is 9.84. The van der Waals surface area contributed by atoms with Crippen molar-refractivity contribution in [2.45, 2.75) is 19.4 Å². The maximum atomic E-state index is 10.7. The average Bonchev–Trinajstić information content (AvgIpc) is 2.08. The van der Waals surface area contributed by atoms with Gasteiger partial charge in [-0.3, -0.25) is 4.79 Å². The Morgan fingerprint density at radius 3 is 2.46 bits per heavy atom. The van der Waals surface area contributed by atoms with Crippen molar-refractivity contribution >= 4 is 17.4 Å². The summed E-state index contributed by atoms with van der Waals surface area (Å²) in [5.41, 5.74) is 0.909. The molecule has 13 heavy (non-hydrogen) atoms. The average molecular weight is 199 g/mol. The second kappa shape index (κ2) is 4.40. The van der Waals surface area contributed by atoms with Crippen molar-refractivity contribution in [3.63, 3.8) is 0 Å². The molecule has 0 fully saturated rings. The molecule has 70 valence electrons. The predicted octanol–water partition coefficient (Wildman–Crippen LogP) is 1.83. The van der Waals surface area contributed by atoms with Gasteiger partial charge in [-0.15, -0.1) is 0 Å². The molecule has 0 aliphatic carbocycles. The van der Waals surface area contributed by atoms with E-state index in [1.165, 1.54) is 6.92 Å². The lowest BCUT2D eigenvalue weighted by Crippen LogP contribution is -2.19. The summed E-state index contributed by atoms with van der Waals surface area (Å²) in [4.78, 5) is 10.7. The summed E-state index contributed by atoms with van der Waals surface area (Å²) in [6, 6.07) is 7.08. The number of carbonyl (C=O) groups excluding carboxylic acids is 1. The van der Waals surface area contributed by atoms with E-state index in [0.29, 0.717) is 11.4 Å². The summed E-state index contributed by atoms with van der Waals surface area (Å²) in [5.74, 6) is -0.213. The lowest BCUT2D eigenvalue weighted by molar-refractivity contribution is -0.124. The van der Waals surface area contributed by atoms with Crippen LogP contribution in [0.15, 0.2) is 24.3 Å². The molecule has 1 rings (SSSR count). The Morgan fingerprint density at radius 1 is 1.46 bits per heavy atom. The molecule has 0 bridgehead atoms. The third-order valence-corrected chi connectivity index (χ3v) is 2.06. The number of carbonyl (C=O) groups is 1. The van der Waals surface area contributed by atoms with Crippen LogP contribution < -0.4 is 0 Å². The molecular formula is C10H11ClO2. The Morgan fingerprint density at radius 2 is 2.00 bits per heavy atom. The van der Waals surface area contributed by atoms with E-state index in [1.54, 1.807) is 24.3 Å². The van der Waals surface area contributed by atoms with Crippen LogP contribution in [0.3, 0.4) is 0 Å². The molecule has 0 saturated heterocycles. The van der Waals surface area contributed by atoms with Crippen LogP contribution >= 0.6 is 11.6 Å². The number of Topliss-reactive ketones (excluding diaryl/α,β-unsaturated/α-hetero) is 1. The van der Waals surface area contributed by atoms with Gasteiger partial charge in [0.1, 0.15) is 6.10 Å². The van der Waals surface area contributed by atoms with E-state index in [2.05, 4.69) is 0 Å². The second-order valence-electron chi connectivity index (χ2n) is 2.96.